The smallest absolute Gasteiger partial charge is 0.122 e. The first-order valence-electron chi connectivity index (χ1n) is 6.18. The number of hydrogen-bond acceptors (Lipinski definition) is 1. The van der Waals surface area contributed by atoms with Gasteiger partial charge in [0.05, 0.1) is 7.11 Å². The number of alkyl halides is 1. The van der Waals surface area contributed by atoms with E-state index in [-0.39, 0.29) is 0 Å². The van der Waals surface area contributed by atoms with Gasteiger partial charge in [0.25, 0.3) is 0 Å². The van der Waals surface area contributed by atoms with Crippen molar-refractivity contribution in [3.63, 3.8) is 0 Å². The third kappa shape index (κ3) is 3.61. The molecule has 0 radical (unpaired) electrons. The van der Waals surface area contributed by atoms with Gasteiger partial charge in [0.1, 0.15) is 5.75 Å². The molecule has 100 valence electrons. The van der Waals surface area contributed by atoms with Gasteiger partial charge in [-0.1, -0.05) is 68.3 Å². The van der Waals surface area contributed by atoms with Gasteiger partial charge in [0.2, 0.25) is 0 Å². The van der Waals surface area contributed by atoms with Gasteiger partial charge in [-0.05, 0) is 35.6 Å². The first-order chi connectivity index (χ1) is 9.26. The number of para-hydroxylation sites is 1. The van der Waals surface area contributed by atoms with E-state index in [2.05, 4.69) is 62.2 Å². The predicted octanol–water partition coefficient (Wildman–Crippen LogP) is 5.18. The molecule has 0 amide bonds. The van der Waals surface area contributed by atoms with Crippen molar-refractivity contribution >= 4 is 31.9 Å². The first-order valence-corrected chi connectivity index (χ1v) is 8.10. The highest BCUT2D eigenvalue weighted by molar-refractivity contribution is 9.10. The maximum atomic E-state index is 5.43. The number of ether oxygens (including phenoxy) is 1. The summed E-state index contributed by atoms with van der Waals surface area (Å²) in [5.74, 6) is 1.38. The van der Waals surface area contributed by atoms with Gasteiger partial charge in [-0.3, -0.25) is 0 Å². The maximum absolute atomic E-state index is 5.43. The molecule has 2 rings (SSSR count). The number of rotatable bonds is 5. The lowest BCUT2D eigenvalue weighted by molar-refractivity contribution is 0.408. The van der Waals surface area contributed by atoms with E-state index in [1.165, 1.54) is 11.1 Å². The van der Waals surface area contributed by atoms with Gasteiger partial charge in [-0.2, -0.15) is 0 Å². The van der Waals surface area contributed by atoms with E-state index in [0.29, 0.717) is 5.92 Å². The Hall–Kier alpha value is -0.800. The third-order valence-corrected chi connectivity index (χ3v) is 4.69. The van der Waals surface area contributed by atoms with Crippen molar-refractivity contribution in [2.45, 2.75) is 12.3 Å². The molecule has 3 heteroatoms. The second-order valence-electron chi connectivity index (χ2n) is 4.39. The minimum absolute atomic E-state index is 0.423. The molecule has 1 unspecified atom stereocenters. The van der Waals surface area contributed by atoms with Crippen LogP contribution in [0.3, 0.4) is 0 Å². The summed E-state index contributed by atoms with van der Waals surface area (Å²) in [7, 11) is 1.72. The molecule has 0 saturated heterocycles. The van der Waals surface area contributed by atoms with Crippen molar-refractivity contribution in [2.75, 3.05) is 12.4 Å². The summed E-state index contributed by atoms with van der Waals surface area (Å²) in [6.45, 7) is 0. The standard InChI is InChI=1S/C16H16Br2O/c1-19-16-9-5-2-6-12(16)10-13(11-17)14-7-3-4-8-15(14)18/h2-9,13H,10-11H2,1H3. The fourth-order valence-corrected chi connectivity index (χ4v) is 3.38. The van der Waals surface area contributed by atoms with Gasteiger partial charge in [0.15, 0.2) is 0 Å². The van der Waals surface area contributed by atoms with Gasteiger partial charge in [0, 0.05) is 9.80 Å². The zero-order valence-corrected chi connectivity index (χ0v) is 13.9. The molecular formula is C16H16Br2O. The van der Waals surface area contributed by atoms with Gasteiger partial charge >= 0.3 is 0 Å². The molecule has 0 aromatic heterocycles. The Morgan fingerprint density at radius 2 is 1.74 bits per heavy atom. The topological polar surface area (TPSA) is 9.23 Å². The van der Waals surface area contributed by atoms with Crippen LogP contribution in [0.4, 0.5) is 0 Å². The number of benzene rings is 2. The summed E-state index contributed by atoms with van der Waals surface area (Å²) in [6.07, 6.45) is 0.956. The summed E-state index contributed by atoms with van der Waals surface area (Å²) in [4.78, 5) is 0. The van der Waals surface area contributed by atoms with Crippen LogP contribution >= 0.6 is 31.9 Å². The predicted molar refractivity (Wildman–Crippen MR) is 87.4 cm³/mol. The second-order valence-corrected chi connectivity index (χ2v) is 5.89. The molecule has 2 aromatic carbocycles. The normalized spacial score (nSPS) is 12.2. The van der Waals surface area contributed by atoms with E-state index in [4.69, 9.17) is 4.74 Å². The minimum Gasteiger partial charge on any atom is -0.496 e. The molecule has 19 heavy (non-hydrogen) atoms. The zero-order valence-electron chi connectivity index (χ0n) is 10.8. The molecule has 0 aliphatic carbocycles. The van der Waals surface area contributed by atoms with Crippen molar-refractivity contribution < 1.29 is 4.74 Å². The van der Waals surface area contributed by atoms with Crippen molar-refractivity contribution in [3.05, 3.63) is 64.1 Å². The Morgan fingerprint density at radius 1 is 1.05 bits per heavy atom. The summed E-state index contributed by atoms with van der Waals surface area (Å²) in [5.41, 5.74) is 2.57. The fraction of sp³-hybridized carbons (Fsp3) is 0.250. The average molecular weight is 384 g/mol. The highest BCUT2D eigenvalue weighted by Gasteiger charge is 2.15. The molecule has 0 aliphatic rings. The molecule has 0 heterocycles. The summed E-state index contributed by atoms with van der Waals surface area (Å²) >= 11 is 7.26. The minimum atomic E-state index is 0.423. The molecule has 1 nitrogen and oxygen atoms in total. The second kappa shape index (κ2) is 7.11. The van der Waals surface area contributed by atoms with Crippen LogP contribution < -0.4 is 4.74 Å². The van der Waals surface area contributed by atoms with Crippen LogP contribution in [0.25, 0.3) is 0 Å². The third-order valence-electron chi connectivity index (χ3n) is 3.19. The van der Waals surface area contributed by atoms with E-state index in [9.17, 15) is 0 Å². The average Bonchev–Trinajstić information content (AvgIpc) is 2.46. The lowest BCUT2D eigenvalue weighted by atomic mass is 9.93. The largest absolute Gasteiger partial charge is 0.496 e. The van der Waals surface area contributed by atoms with Crippen molar-refractivity contribution in [2.24, 2.45) is 0 Å². The van der Waals surface area contributed by atoms with E-state index < -0.39 is 0 Å². The SMILES string of the molecule is COc1ccccc1CC(CBr)c1ccccc1Br. The van der Waals surface area contributed by atoms with Crippen molar-refractivity contribution in [3.8, 4) is 5.75 Å². The van der Waals surface area contributed by atoms with E-state index >= 15 is 0 Å². The first kappa shape index (κ1) is 14.6. The molecular weight excluding hydrogens is 368 g/mol. The Labute approximate surface area is 131 Å². The van der Waals surface area contributed by atoms with Crippen LogP contribution in [0.15, 0.2) is 53.0 Å². The molecule has 0 bridgehead atoms. The highest BCUT2D eigenvalue weighted by atomic mass is 79.9. The van der Waals surface area contributed by atoms with E-state index in [0.717, 1.165) is 22.0 Å². The van der Waals surface area contributed by atoms with Crippen LogP contribution in [0.2, 0.25) is 0 Å². The molecule has 0 aliphatic heterocycles. The van der Waals surface area contributed by atoms with Crippen molar-refractivity contribution in [1.29, 1.82) is 0 Å². The number of hydrogen-bond donors (Lipinski definition) is 0. The number of methoxy groups -OCH3 is 1. The number of halogens is 2. The Balaban J connectivity index is 2.27. The quantitative estimate of drug-likeness (QED) is 0.646. The van der Waals surface area contributed by atoms with Crippen LogP contribution in [-0.2, 0) is 6.42 Å². The van der Waals surface area contributed by atoms with E-state index in [1.807, 2.05) is 18.2 Å². The Bertz CT molecular complexity index is 540. The van der Waals surface area contributed by atoms with Gasteiger partial charge in [-0.15, -0.1) is 0 Å². The Kier molecular flexibility index (Phi) is 5.46. The lowest BCUT2D eigenvalue weighted by Crippen LogP contribution is -2.06. The monoisotopic (exact) mass is 382 g/mol. The molecule has 0 fully saturated rings. The van der Waals surface area contributed by atoms with Crippen LogP contribution in [-0.4, -0.2) is 12.4 Å². The highest BCUT2D eigenvalue weighted by Crippen LogP contribution is 2.31. The molecule has 0 N–H and O–H groups in total. The van der Waals surface area contributed by atoms with Gasteiger partial charge in [-0.25, -0.2) is 0 Å². The molecule has 2 aromatic rings. The van der Waals surface area contributed by atoms with Crippen LogP contribution in [0.5, 0.6) is 5.75 Å². The molecule has 0 saturated carbocycles. The Morgan fingerprint density at radius 3 is 2.42 bits per heavy atom. The van der Waals surface area contributed by atoms with Gasteiger partial charge < -0.3 is 4.74 Å². The molecule has 1 atom stereocenters. The van der Waals surface area contributed by atoms with Crippen LogP contribution in [0, 0.1) is 0 Å². The van der Waals surface area contributed by atoms with Crippen molar-refractivity contribution in [1.82, 2.24) is 0 Å². The molecule has 0 spiro atoms. The lowest BCUT2D eigenvalue weighted by Gasteiger charge is -2.18. The zero-order chi connectivity index (χ0) is 13.7. The summed E-state index contributed by atoms with van der Waals surface area (Å²) in [6, 6.07) is 16.6. The fourth-order valence-electron chi connectivity index (χ4n) is 2.19. The summed E-state index contributed by atoms with van der Waals surface area (Å²) in [5, 5.41) is 0.924. The van der Waals surface area contributed by atoms with Crippen LogP contribution in [0.1, 0.15) is 17.0 Å². The van der Waals surface area contributed by atoms with E-state index in [1.54, 1.807) is 7.11 Å². The maximum Gasteiger partial charge on any atom is 0.122 e. The summed E-state index contributed by atoms with van der Waals surface area (Å²) < 4.78 is 6.59.